The summed E-state index contributed by atoms with van der Waals surface area (Å²) in [5.41, 5.74) is 6.13. The first kappa shape index (κ1) is 24.7. The third-order valence-electron chi connectivity index (χ3n) is 4.66. The molecule has 1 fully saturated rings. The number of amides is 1. The molecule has 0 aromatic heterocycles. The lowest BCUT2D eigenvalue weighted by molar-refractivity contribution is -0.119. The van der Waals surface area contributed by atoms with Crippen LogP contribution in [0.25, 0.3) is 0 Å². The van der Waals surface area contributed by atoms with E-state index in [2.05, 4.69) is 15.2 Å². The molecule has 158 valence electrons. The van der Waals surface area contributed by atoms with Crippen LogP contribution in [0.4, 0.5) is 0 Å². The lowest BCUT2D eigenvalue weighted by Gasteiger charge is -2.34. The summed E-state index contributed by atoms with van der Waals surface area (Å²) in [4.78, 5) is 17.6. The van der Waals surface area contributed by atoms with Crippen LogP contribution in [-0.4, -0.2) is 57.6 Å². The van der Waals surface area contributed by atoms with Crippen molar-refractivity contribution < 1.29 is 13.2 Å². The number of nitrogens with two attached hydrogens (primary N) is 1. The van der Waals surface area contributed by atoms with E-state index < -0.39 is 9.84 Å². The van der Waals surface area contributed by atoms with Crippen molar-refractivity contribution in [3.8, 4) is 0 Å². The quantitative estimate of drug-likeness (QED) is 0.235. The topological polar surface area (TPSA) is 105 Å². The van der Waals surface area contributed by atoms with E-state index in [9.17, 15) is 13.2 Å². The van der Waals surface area contributed by atoms with E-state index >= 15 is 0 Å². The minimum atomic E-state index is -3.13. The van der Waals surface area contributed by atoms with Gasteiger partial charge in [-0.25, -0.2) is 8.42 Å². The first-order valence-corrected chi connectivity index (χ1v) is 11.2. The van der Waals surface area contributed by atoms with Crippen molar-refractivity contribution in [1.82, 2.24) is 10.2 Å². The second-order valence-electron chi connectivity index (χ2n) is 7.03. The van der Waals surface area contributed by atoms with Gasteiger partial charge in [0.2, 0.25) is 5.91 Å². The first-order valence-electron chi connectivity index (χ1n) is 9.38. The van der Waals surface area contributed by atoms with Gasteiger partial charge in [-0.1, -0.05) is 30.3 Å². The SMILES string of the molecule is CN=C(NCCCS(=O)(=O)Cc1ccccc1)N1CCCC(CC(N)=O)C1.I. The smallest absolute Gasteiger partial charge is 0.217 e. The molecular weight excluding hydrogens is 491 g/mol. The van der Waals surface area contributed by atoms with Crippen molar-refractivity contribution in [2.45, 2.75) is 31.4 Å². The summed E-state index contributed by atoms with van der Waals surface area (Å²) in [6.07, 6.45) is 2.90. The molecule has 1 heterocycles. The van der Waals surface area contributed by atoms with E-state index in [0.29, 0.717) is 19.4 Å². The molecule has 1 aromatic rings. The number of guanidine groups is 1. The number of carbonyl (C=O) groups is 1. The van der Waals surface area contributed by atoms with Gasteiger partial charge in [0.25, 0.3) is 0 Å². The van der Waals surface area contributed by atoms with Crippen LogP contribution < -0.4 is 11.1 Å². The molecule has 1 unspecified atom stereocenters. The second kappa shape index (κ2) is 12.3. The predicted octanol–water partition coefficient (Wildman–Crippen LogP) is 1.77. The van der Waals surface area contributed by atoms with E-state index in [1.165, 1.54) is 0 Å². The number of primary amides is 1. The maximum Gasteiger partial charge on any atom is 0.217 e. The number of likely N-dealkylation sites (tertiary alicyclic amines) is 1. The average molecular weight is 522 g/mol. The van der Waals surface area contributed by atoms with Crippen LogP contribution in [0, 0.1) is 5.92 Å². The lowest BCUT2D eigenvalue weighted by atomic mass is 9.95. The largest absolute Gasteiger partial charge is 0.370 e. The number of benzene rings is 1. The Bertz CT molecular complexity index is 741. The molecular formula is C19H31IN4O3S. The fraction of sp³-hybridized carbons (Fsp3) is 0.579. The Morgan fingerprint density at radius 1 is 1.32 bits per heavy atom. The molecule has 0 bridgehead atoms. The van der Waals surface area contributed by atoms with Crippen molar-refractivity contribution in [3.05, 3.63) is 35.9 Å². The maximum atomic E-state index is 12.2. The average Bonchev–Trinajstić information content (AvgIpc) is 2.62. The van der Waals surface area contributed by atoms with Gasteiger partial charge in [0.05, 0.1) is 11.5 Å². The Morgan fingerprint density at radius 2 is 2.04 bits per heavy atom. The zero-order chi connectivity index (χ0) is 19.7. The fourth-order valence-electron chi connectivity index (χ4n) is 3.43. The van der Waals surface area contributed by atoms with E-state index in [0.717, 1.165) is 37.5 Å². The minimum Gasteiger partial charge on any atom is -0.370 e. The highest BCUT2D eigenvalue weighted by atomic mass is 127. The van der Waals surface area contributed by atoms with E-state index in [1.807, 2.05) is 30.3 Å². The van der Waals surface area contributed by atoms with E-state index in [4.69, 9.17) is 5.73 Å². The summed E-state index contributed by atoms with van der Waals surface area (Å²) >= 11 is 0. The van der Waals surface area contributed by atoms with Gasteiger partial charge >= 0.3 is 0 Å². The molecule has 9 heteroatoms. The summed E-state index contributed by atoms with van der Waals surface area (Å²) in [6.45, 7) is 2.16. The zero-order valence-corrected chi connectivity index (χ0v) is 19.5. The number of aliphatic imine (C=N–C) groups is 1. The fourth-order valence-corrected chi connectivity index (χ4v) is 4.86. The Hall–Kier alpha value is -1.36. The van der Waals surface area contributed by atoms with Crippen molar-refractivity contribution in [2.75, 3.05) is 32.4 Å². The number of hydrogen-bond donors (Lipinski definition) is 2. The van der Waals surface area contributed by atoms with Crippen molar-refractivity contribution in [1.29, 1.82) is 0 Å². The molecule has 1 aliphatic heterocycles. The van der Waals surface area contributed by atoms with Crippen molar-refractivity contribution in [2.24, 2.45) is 16.6 Å². The predicted molar refractivity (Wildman–Crippen MR) is 123 cm³/mol. The second-order valence-corrected chi connectivity index (χ2v) is 9.21. The van der Waals surface area contributed by atoms with Gasteiger partial charge in [-0.2, -0.15) is 0 Å². The van der Waals surface area contributed by atoms with Gasteiger partial charge in [0, 0.05) is 33.1 Å². The minimum absolute atomic E-state index is 0. The highest BCUT2D eigenvalue weighted by Gasteiger charge is 2.23. The summed E-state index contributed by atoms with van der Waals surface area (Å²) in [5.74, 6) is 0.943. The number of halogens is 1. The van der Waals surface area contributed by atoms with Gasteiger partial charge in [-0.3, -0.25) is 9.79 Å². The molecule has 28 heavy (non-hydrogen) atoms. The zero-order valence-electron chi connectivity index (χ0n) is 16.3. The number of rotatable bonds is 8. The van der Waals surface area contributed by atoms with E-state index in [1.54, 1.807) is 7.05 Å². The van der Waals surface area contributed by atoms with Crippen molar-refractivity contribution >= 4 is 45.7 Å². The number of nitrogens with zero attached hydrogens (tertiary/aromatic N) is 2. The monoisotopic (exact) mass is 522 g/mol. The van der Waals surface area contributed by atoms with Gasteiger partial charge in [-0.05, 0) is 30.7 Å². The van der Waals surface area contributed by atoms with Crippen LogP contribution in [0.15, 0.2) is 35.3 Å². The van der Waals surface area contributed by atoms with Crippen LogP contribution in [0.5, 0.6) is 0 Å². The maximum absolute atomic E-state index is 12.2. The third-order valence-corrected chi connectivity index (χ3v) is 6.35. The number of carbonyl (C=O) groups excluding carboxylic acids is 1. The Kier molecular flexibility index (Phi) is 10.8. The summed E-state index contributed by atoms with van der Waals surface area (Å²) < 4.78 is 24.5. The van der Waals surface area contributed by atoms with Gasteiger partial charge in [-0.15, -0.1) is 24.0 Å². The molecule has 1 atom stereocenters. The van der Waals surface area contributed by atoms with Crippen LogP contribution in [0.1, 0.15) is 31.2 Å². The summed E-state index contributed by atoms with van der Waals surface area (Å²) in [7, 11) is -1.42. The molecule has 1 aromatic carbocycles. The molecule has 0 radical (unpaired) electrons. The normalized spacial score (nSPS) is 17.7. The highest BCUT2D eigenvalue weighted by molar-refractivity contribution is 14.0. The first-order chi connectivity index (χ1) is 12.9. The Balaban J connectivity index is 0.00000392. The molecule has 1 amide bonds. The lowest BCUT2D eigenvalue weighted by Crippen LogP contribution is -2.47. The Morgan fingerprint density at radius 3 is 2.68 bits per heavy atom. The van der Waals surface area contributed by atoms with Crippen LogP contribution >= 0.6 is 24.0 Å². The van der Waals surface area contributed by atoms with Gasteiger partial charge in [0.1, 0.15) is 0 Å². The molecule has 3 N–H and O–H groups in total. The third kappa shape index (κ3) is 8.76. The standard InChI is InChI=1S/C19H30N4O3S.HI/c1-21-19(23-11-5-9-17(14-23)13-18(20)24)22-10-6-12-27(25,26)15-16-7-3-2-4-8-16;/h2-4,7-8,17H,5-6,9-15H2,1H3,(H2,20,24)(H,21,22);1H. The number of nitrogens with one attached hydrogen (secondary N) is 1. The molecule has 0 spiro atoms. The van der Waals surface area contributed by atoms with Crippen molar-refractivity contribution in [3.63, 3.8) is 0 Å². The number of sulfone groups is 1. The highest BCUT2D eigenvalue weighted by Crippen LogP contribution is 2.19. The summed E-state index contributed by atoms with van der Waals surface area (Å²) in [6, 6.07) is 9.23. The van der Waals surface area contributed by atoms with E-state index in [-0.39, 0.29) is 47.3 Å². The molecule has 1 aliphatic rings. The Labute approximate surface area is 185 Å². The van der Waals surface area contributed by atoms with Crippen LogP contribution in [0.2, 0.25) is 0 Å². The number of hydrogen-bond acceptors (Lipinski definition) is 4. The summed E-state index contributed by atoms with van der Waals surface area (Å²) in [5, 5.41) is 3.24. The number of piperidine rings is 1. The van der Waals surface area contributed by atoms with Crippen LogP contribution in [-0.2, 0) is 20.4 Å². The molecule has 2 rings (SSSR count). The molecule has 0 saturated carbocycles. The molecule has 1 saturated heterocycles. The molecule has 0 aliphatic carbocycles. The molecule has 7 nitrogen and oxygen atoms in total. The van der Waals surface area contributed by atoms with Gasteiger partial charge < -0.3 is 16.0 Å². The van der Waals surface area contributed by atoms with Crippen LogP contribution in [0.3, 0.4) is 0 Å². The van der Waals surface area contributed by atoms with Gasteiger partial charge in [0.15, 0.2) is 15.8 Å².